The molecule has 0 bridgehead atoms. The number of carbonyl (C=O) groups excluding carboxylic acids is 2. The summed E-state index contributed by atoms with van der Waals surface area (Å²) in [5.74, 6) is -0.414. The van der Waals surface area contributed by atoms with Gasteiger partial charge >= 0.3 is 0 Å². The number of nitrogens with zero attached hydrogens (tertiary/aromatic N) is 5. The van der Waals surface area contributed by atoms with Crippen LogP contribution in [0.2, 0.25) is 5.02 Å². The Morgan fingerprint density at radius 2 is 1.78 bits per heavy atom. The van der Waals surface area contributed by atoms with Gasteiger partial charge in [0.2, 0.25) is 11.7 Å². The van der Waals surface area contributed by atoms with Gasteiger partial charge in [0, 0.05) is 17.1 Å². The molecule has 0 unspecified atom stereocenters. The number of rotatable bonds is 10. The lowest BCUT2D eigenvalue weighted by molar-refractivity contribution is -0.124. The van der Waals surface area contributed by atoms with Crippen molar-refractivity contribution in [3.8, 4) is 17.1 Å². The first-order valence-corrected chi connectivity index (χ1v) is 11.9. The highest BCUT2D eigenvalue weighted by Crippen LogP contribution is 2.28. The largest absolute Gasteiger partial charge is 0.492 e. The van der Waals surface area contributed by atoms with Gasteiger partial charge in [-0.3, -0.25) is 14.5 Å². The summed E-state index contributed by atoms with van der Waals surface area (Å²) in [6, 6.07) is 19.7. The standard InChI is InChI=1S/C26H24ClFN6O3/c1-2-37-23-6-4-3-5-22(23)33(16-24(35)29-15-18-7-13-21(28)14-8-18)25(36)17-34-31-26(30-32-34)19-9-11-20(27)12-10-19/h3-14H,2,15-17H2,1H3,(H,29,35). The fourth-order valence-corrected chi connectivity index (χ4v) is 3.62. The monoisotopic (exact) mass is 522 g/mol. The predicted molar refractivity (Wildman–Crippen MR) is 136 cm³/mol. The smallest absolute Gasteiger partial charge is 0.251 e. The van der Waals surface area contributed by atoms with E-state index in [9.17, 15) is 14.0 Å². The molecule has 190 valence electrons. The Balaban J connectivity index is 1.51. The first-order chi connectivity index (χ1) is 17.9. The van der Waals surface area contributed by atoms with Gasteiger partial charge in [-0.1, -0.05) is 35.9 Å². The van der Waals surface area contributed by atoms with Crippen LogP contribution in [0.4, 0.5) is 10.1 Å². The first-order valence-electron chi connectivity index (χ1n) is 11.5. The highest BCUT2D eigenvalue weighted by atomic mass is 35.5. The maximum absolute atomic E-state index is 13.4. The number of hydrogen-bond donors (Lipinski definition) is 1. The van der Waals surface area contributed by atoms with E-state index in [0.717, 1.165) is 5.56 Å². The topological polar surface area (TPSA) is 102 Å². The zero-order valence-corrected chi connectivity index (χ0v) is 20.7. The highest BCUT2D eigenvalue weighted by molar-refractivity contribution is 6.30. The molecule has 1 N–H and O–H groups in total. The fourth-order valence-electron chi connectivity index (χ4n) is 3.50. The molecular weight excluding hydrogens is 499 g/mol. The Morgan fingerprint density at radius 1 is 1.05 bits per heavy atom. The van der Waals surface area contributed by atoms with E-state index >= 15 is 0 Å². The van der Waals surface area contributed by atoms with Gasteiger partial charge < -0.3 is 10.1 Å². The van der Waals surface area contributed by atoms with E-state index in [1.54, 1.807) is 60.7 Å². The zero-order valence-electron chi connectivity index (χ0n) is 20.0. The van der Waals surface area contributed by atoms with Crippen LogP contribution in [0.3, 0.4) is 0 Å². The minimum absolute atomic E-state index is 0.184. The summed E-state index contributed by atoms with van der Waals surface area (Å²) >= 11 is 5.94. The van der Waals surface area contributed by atoms with Crippen molar-refractivity contribution < 1.29 is 18.7 Å². The van der Waals surface area contributed by atoms with Crippen LogP contribution in [0.5, 0.6) is 5.75 Å². The summed E-state index contributed by atoms with van der Waals surface area (Å²) in [6.45, 7) is 1.86. The quantitative estimate of drug-likeness (QED) is 0.339. The number of nitrogens with one attached hydrogen (secondary N) is 1. The SMILES string of the molecule is CCOc1ccccc1N(CC(=O)NCc1ccc(F)cc1)C(=O)Cn1nnc(-c2ccc(Cl)cc2)n1. The number of aromatic nitrogens is 4. The molecule has 0 aliphatic carbocycles. The van der Waals surface area contributed by atoms with Crippen molar-refractivity contribution in [3.63, 3.8) is 0 Å². The van der Waals surface area contributed by atoms with Crippen molar-refractivity contribution in [2.75, 3.05) is 18.1 Å². The molecule has 3 aromatic carbocycles. The molecule has 0 aliphatic heterocycles. The van der Waals surface area contributed by atoms with E-state index in [0.29, 0.717) is 34.5 Å². The molecule has 4 aromatic rings. The summed E-state index contributed by atoms with van der Waals surface area (Å²) in [6.07, 6.45) is 0. The van der Waals surface area contributed by atoms with Gasteiger partial charge in [0.05, 0.1) is 12.3 Å². The molecule has 1 aromatic heterocycles. The summed E-state index contributed by atoms with van der Waals surface area (Å²) in [4.78, 5) is 28.7. The molecule has 2 amide bonds. The van der Waals surface area contributed by atoms with Crippen LogP contribution in [-0.4, -0.2) is 45.2 Å². The normalized spacial score (nSPS) is 10.7. The van der Waals surface area contributed by atoms with E-state index < -0.39 is 11.8 Å². The van der Waals surface area contributed by atoms with Gasteiger partial charge in [-0.25, -0.2) is 4.39 Å². The minimum atomic E-state index is -0.441. The molecule has 0 atom stereocenters. The second kappa shape index (κ2) is 12.1. The summed E-state index contributed by atoms with van der Waals surface area (Å²) < 4.78 is 18.9. The van der Waals surface area contributed by atoms with E-state index in [1.165, 1.54) is 21.8 Å². The maximum Gasteiger partial charge on any atom is 0.251 e. The molecule has 4 rings (SSSR count). The lowest BCUT2D eigenvalue weighted by Gasteiger charge is -2.24. The molecule has 9 nitrogen and oxygen atoms in total. The average Bonchev–Trinajstić information content (AvgIpc) is 3.36. The summed E-state index contributed by atoms with van der Waals surface area (Å²) in [5, 5.41) is 15.6. The number of para-hydroxylation sites is 2. The summed E-state index contributed by atoms with van der Waals surface area (Å²) in [5.41, 5.74) is 1.86. The van der Waals surface area contributed by atoms with Gasteiger partial charge in [0.1, 0.15) is 24.7 Å². The van der Waals surface area contributed by atoms with E-state index in [2.05, 4.69) is 20.7 Å². The third-order valence-electron chi connectivity index (χ3n) is 5.29. The Morgan fingerprint density at radius 3 is 2.51 bits per heavy atom. The van der Waals surface area contributed by atoms with Gasteiger partial charge in [0.15, 0.2) is 0 Å². The van der Waals surface area contributed by atoms with Gasteiger partial charge in [-0.15, -0.1) is 10.2 Å². The second-order valence-corrected chi connectivity index (χ2v) is 8.37. The number of hydrogen-bond acceptors (Lipinski definition) is 6. The van der Waals surface area contributed by atoms with E-state index in [-0.39, 0.29) is 25.5 Å². The van der Waals surface area contributed by atoms with E-state index in [4.69, 9.17) is 16.3 Å². The second-order valence-electron chi connectivity index (χ2n) is 7.93. The van der Waals surface area contributed by atoms with E-state index in [1.807, 2.05) is 6.92 Å². The van der Waals surface area contributed by atoms with Crippen molar-refractivity contribution in [1.82, 2.24) is 25.5 Å². The molecule has 1 heterocycles. The molecule has 0 saturated carbocycles. The number of benzene rings is 3. The molecule has 0 aliphatic rings. The lowest BCUT2D eigenvalue weighted by atomic mass is 10.2. The van der Waals surface area contributed by atoms with Gasteiger partial charge in [0.25, 0.3) is 5.91 Å². The van der Waals surface area contributed by atoms with Crippen LogP contribution in [-0.2, 0) is 22.7 Å². The van der Waals surface area contributed by atoms with Crippen LogP contribution in [0.25, 0.3) is 11.4 Å². The summed E-state index contributed by atoms with van der Waals surface area (Å²) in [7, 11) is 0. The average molecular weight is 523 g/mol. The number of anilines is 1. The Kier molecular flexibility index (Phi) is 8.42. The van der Waals surface area contributed by atoms with Crippen LogP contribution >= 0.6 is 11.6 Å². The Bertz CT molecular complexity index is 1360. The van der Waals surface area contributed by atoms with Crippen molar-refractivity contribution in [3.05, 3.63) is 89.2 Å². The number of tetrazole rings is 1. The van der Waals surface area contributed by atoms with Crippen molar-refractivity contribution >= 4 is 29.1 Å². The molecule has 0 fully saturated rings. The molecule has 0 saturated heterocycles. The number of ether oxygens (including phenoxy) is 1. The van der Waals surface area contributed by atoms with Crippen molar-refractivity contribution in [1.29, 1.82) is 0 Å². The van der Waals surface area contributed by atoms with Crippen LogP contribution in [0, 0.1) is 5.82 Å². The number of carbonyl (C=O) groups is 2. The van der Waals surface area contributed by atoms with Crippen LogP contribution in [0.1, 0.15) is 12.5 Å². The molecule has 0 spiro atoms. The van der Waals surface area contributed by atoms with Crippen LogP contribution < -0.4 is 15.0 Å². The number of amides is 2. The van der Waals surface area contributed by atoms with Crippen molar-refractivity contribution in [2.45, 2.75) is 20.0 Å². The number of halogens is 2. The fraction of sp³-hybridized carbons (Fsp3) is 0.192. The lowest BCUT2D eigenvalue weighted by Crippen LogP contribution is -2.42. The maximum atomic E-state index is 13.4. The van der Waals surface area contributed by atoms with Gasteiger partial charge in [-0.2, -0.15) is 4.80 Å². The van der Waals surface area contributed by atoms with Crippen molar-refractivity contribution in [2.24, 2.45) is 0 Å². The molecular formula is C26H24ClFN6O3. The minimum Gasteiger partial charge on any atom is -0.492 e. The Hall–Kier alpha value is -4.31. The third kappa shape index (κ3) is 6.89. The predicted octanol–water partition coefficient (Wildman–Crippen LogP) is 3.88. The molecule has 0 radical (unpaired) electrons. The first kappa shape index (κ1) is 25.8. The molecule has 37 heavy (non-hydrogen) atoms. The Labute approximate surface area is 217 Å². The molecule has 11 heteroatoms. The zero-order chi connectivity index (χ0) is 26.2. The van der Waals surface area contributed by atoms with Gasteiger partial charge in [-0.05, 0) is 66.2 Å². The highest BCUT2D eigenvalue weighted by Gasteiger charge is 2.23. The third-order valence-corrected chi connectivity index (χ3v) is 5.55. The van der Waals surface area contributed by atoms with Crippen LogP contribution in [0.15, 0.2) is 72.8 Å².